The number of carbonyl (C=O) groups excluding carboxylic acids is 1. The molecular formula is C10H20N2O3. The molecule has 0 radical (unpaired) electrons. The molecule has 0 unspecified atom stereocenters. The molecule has 0 aliphatic carbocycles. The van der Waals surface area contributed by atoms with Crippen molar-refractivity contribution in [1.29, 1.82) is 0 Å². The number of aliphatic carboxylic acids is 1. The van der Waals surface area contributed by atoms with Gasteiger partial charge in [0.15, 0.2) is 0 Å². The molecule has 0 spiro atoms. The Morgan fingerprint density at radius 2 is 1.73 bits per heavy atom. The summed E-state index contributed by atoms with van der Waals surface area (Å²) in [5.74, 6) is -0.896. The van der Waals surface area contributed by atoms with Crippen molar-refractivity contribution >= 4 is 12.0 Å². The number of carboxylic acids is 1. The first-order valence-electron chi connectivity index (χ1n) is 5.36. The first-order chi connectivity index (χ1) is 7.11. The lowest BCUT2D eigenvalue weighted by Crippen LogP contribution is -2.41. The zero-order valence-corrected chi connectivity index (χ0v) is 9.45. The molecule has 5 nitrogen and oxygen atoms in total. The lowest BCUT2D eigenvalue weighted by molar-refractivity contribution is -0.136. The third kappa shape index (κ3) is 6.76. The Morgan fingerprint density at radius 1 is 1.20 bits per heavy atom. The van der Waals surface area contributed by atoms with Gasteiger partial charge in [-0.15, -0.1) is 0 Å². The van der Waals surface area contributed by atoms with Crippen LogP contribution in [-0.4, -0.2) is 41.6 Å². The van der Waals surface area contributed by atoms with E-state index in [9.17, 15) is 9.59 Å². The second-order valence-corrected chi connectivity index (χ2v) is 3.36. The van der Waals surface area contributed by atoms with Gasteiger partial charge in [-0.05, 0) is 12.8 Å². The molecule has 15 heavy (non-hydrogen) atoms. The largest absolute Gasteiger partial charge is 0.481 e. The van der Waals surface area contributed by atoms with Gasteiger partial charge in [-0.3, -0.25) is 4.79 Å². The van der Waals surface area contributed by atoms with Crippen LogP contribution in [0.3, 0.4) is 0 Å². The molecule has 0 fully saturated rings. The van der Waals surface area contributed by atoms with Crippen LogP contribution in [0.25, 0.3) is 0 Å². The number of rotatable bonds is 7. The van der Waals surface area contributed by atoms with Gasteiger partial charge >= 0.3 is 12.0 Å². The molecule has 0 aromatic rings. The van der Waals surface area contributed by atoms with Crippen molar-refractivity contribution in [1.82, 2.24) is 10.2 Å². The van der Waals surface area contributed by atoms with Crippen molar-refractivity contribution in [2.24, 2.45) is 0 Å². The van der Waals surface area contributed by atoms with Gasteiger partial charge < -0.3 is 15.3 Å². The third-order valence-corrected chi connectivity index (χ3v) is 1.89. The topological polar surface area (TPSA) is 69.6 Å². The summed E-state index contributed by atoms with van der Waals surface area (Å²) in [6, 6.07) is -0.167. The van der Waals surface area contributed by atoms with Gasteiger partial charge in [0.1, 0.15) is 0 Å². The SMILES string of the molecule is CCCN(CCC)C(=O)NCCC(=O)O. The minimum atomic E-state index is -0.896. The van der Waals surface area contributed by atoms with Gasteiger partial charge in [-0.25, -0.2) is 4.79 Å². The Balaban J connectivity index is 3.85. The number of hydrogen-bond acceptors (Lipinski definition) is 2. The molecule has 2 N–H and O–H groups in total. The van der Waals surface area contributed by atoms with Crippen LogP contribution in [0.5, 0.6) is 0 Å². The molecule has 2 amide bonds. The van der Waals surface area contributed by atoms with E-state index in [1.54, 1.807) is 4.90 Å². The normalized spacial score (nSPS) is 9.73. The van der Waals surface area contributed by atoms with Crippen LogP contribution in [0, 0.1) is 0 Å². The summed E-state index contributed by atoms with van der Waals surface area (Å²) in [5, 5.41) is 11.0. The van der Waals surface area contributed by atoms with E-state index >= 15 is 0 Å². The maximum absolute atomic E-state index is 11.5. The number of amides is 2. The van der Waals surface area contributed by atoms with E-state index in [0.29, 0.717) is 13.1 Å². The third-order valence-electron chi connectivity index (χ3n) is 1.89. The average molecular weight is 216 g/mol. The smallest absolute Gasteiger partial charge is 0.317 e. The molecule has 0 aromatic carbocycles. The quantitative estimate of drug-likeness (QED) is 0.673. The fourth-order valence-electron chi connectivity index (χ4n) is 1.24. The Kier molecular flexibility index (Phi) is 7.40. The van der Waals surface area contributed by atoms with Crippen LogP contribution in [0.4, 0.5) is 4.79 Å². The van der Waals surface area contributed by atoms with Crippen LogP contribution < -0.4 is 5.32 Å². The number of hydrogen-bond donors (Lipinski definition) is 2. The summed E-state index contributed by atoms with van der Waals surface area (Å²) >= 11 is 0. The van der Waals surface area contributed by atoms with E-state index in [1.807, 2.05) is 13.8 Å². The Hall–Kier alpha value is -1.26. The van der Waals surface area contributed by atoms with Crippen molar-refractivity contribution in [2.75, 3.05) is 19.6 Å². The zero-order valence-electron chi connectivity index (χ0n) is 9.45. The number of urea groups is 1. The fraction of sp³-hybridized carbons (Fsp3) is 0.800. The van der Waals surface area contributed by atoms with Crippen LogP contribution in [0.15, 0.2) is 0 Å². The summed E-state index contributed by atoms with van der Waals surface area (Å²) in [6.45, 7) is 5.64. The molecule has 0 atom stereocenters. The maximum Gasteiger partial charge on any atom is 0.317 e. The lowest BCUT2D eigenvalue weighted by atomic mass is 10.3. The van der Waals surface area contributed by atoms with Crippen LogP contribution in [0.2, 0.25) is 0 Å². The van der Waals surface area contributed by atoms with Gasteiger partial charge in [0.05, 0.1) is 6.42 Å². The summed E-state index contributed by atoms with van der Waals surface area (Å²) in [7, 11) is 0. The van der Waals surface area contributed by atoms with Crippen molar-refractivity contribution < 1.29 is 14.7 Å². The van der Waals surface area contributed by atoms with Gasteiger partial charge in [-0.1, -0.05) is 13.8 Å². The zero-order chi connectivity index (χ0) is 11.7. The van der Waals surface area contributed by atoms with Crippen LogP contribution >= 0.6 is 0 Å². The van der Waals surface area contributed by atoms with E-state index < -0.39 is 5.97 Å². The summed E-state index contributed by atoms with van der Waals surface area (Å²) in [5.41, 5.74) is 0. The van der Waals surface area contributed by atoms with E-state index in [2.05, 4.69) is 5.32 Å². The second kappa shape index (κ2) is 8.08. The van der Waals surface area contributed by atoms with Gasteiger partial charge in [0, 0.05) is 19.6 Å². The minimum Gasteiger partial charge on any atom is -0.481 e. The van der Waals surface area contributed by atoms with Crippen molar-refractivity contribution in [2.45, 2.75) is 33.1 Å². The first kappa shape index (κ1) is 13.7. The number of nitrogens with one attached hydrogen (secondary N) is 1. The van der Waals surface area contributed by atoms with Crippen LogP contribution in [0.1, 0.15) is 33.1 Å². The average Bonchev–Trinajstić information content (AvgIpc) is 2.16. The molecule has 0 rings (SSSR count). The summed E-state index contributed by atoms with van der Waals surface area (Å²) < 4.78 is 0. The number of carbonyl (C=O) groups is 2. The van der Waals surface area contributed by atoms with E-state index in [4.69, 9.17) is 5.11 Å². The van der Waals surface area contributed by atoms with E-state index in [0.717, 1.165) is 12.8 Å². The molecule has 0 bridgehead atoms. The highest BCUT2D eigenvalue weighted by Crippen LogP contribution is 1.94. The molecular weight excluding hydrogens is 196 g/mol. The Morgan fingerprint density at radius 3 is 2.13 bits per heavy atom. The van der Waals surface area contributed by atoms with Crippen molar-refractivity contribution in [3.63, 3.8) is 0 Å². The lowest BCUT2D eigenvalue weighted by Gasteiger charge is -2.21. The van der Waals surface area contributed by atoms with Crippen molar-refractivity contribution in [3.05, 3.63) is 0 Å². The number of carboxylic acid groups (broad SMARTS) is 1. The molecule has 0 saturated carbocycles. The summed E-state index contributed by atoms with van der Waals surface area (Å²) in [4.78, 5) is 23.5. The minimum absolute atomic E-state index is 0.0299. The molecule has 0 aromatic heterocycles. The van der Waals surface area contributed by atoms with Gasteiger partial charge in [-0.2, -0.15) is 0 Å². The predicted octanol–water partition coefficient (Wildman–Crippen LogP) is 1.29. The maximum atomic E-state index is 11.5. The molecule has 0 aliphatic heterocycles. The highest BCUT2D eigenvalue weighted by Gasteiger charge is 2.10. The molecule has 5 heteroatoms. The van der Waals surface area contributed by atoms with Gasteiger partial charge in [0.2, 0.25) is 0 Å². The predicted molar refractivity (Wildman–Crippen MR) is 57.8 cm³/mol. The van der Waals surface area contributed by atoms with E-state index in [1.165, 1.54) is 0 Å². The Bertz CT molecular complexity index is 201. The van der Waals surface area contributed by atoms with Crippen LogP contribution in [-0.2, 0) is 4.79 Å². The number of nitrogens with zero attached hydrogens (tertiary/aromatic N) is 1. The molecule has 88 valence electrons. The standard InChI is InChI=1S/C10H20N2O3/c1-3-7-12(8-4-2)10(15)11-6-5-9(13)14/h3-8H2,1-2H3,(H,11,15)(H,13,14). The molecule has 0 aliphatic rings. The fourth-order valence-corrected chi connectivity index (χ4v) is 1.24. The first-order valence-corrected chi connectivity index (χ1v) is 5.36. The molecule has 0 saturated heterocycles. The highest BCUT2D eigenvalue weighted by atomic mass is 16.4. The second-order valence-electron chi connectivity index (χ2n) is 3.36. The molecule has 0 heterocycles. The highest BCUT2D eigenvalue weighted by molar-refractivity contribution is 5.75. The van der Waals surface area contributed by atoms with Gasteiger partial charge in [0.25, 0.3) is 0 Å². The van der Waals surface area contributed by atoms with Crippen molar-refractivity contribution in [3.8, 4) is 0 Å². The Labute approximate surface area is 90.5 Å². The monoisotopic (exact) mass is 216 g/mol. The van der Waals surface area contributed by atoms with E-state index in [-0.39, 0.29) is 19.0 Å². The summed E-state index contributed by atoms with van der Waals surface area (Å²) in [6.07, 6.45) is 1.79.